The number of nitrogens with one attached hydrogen (secondary N) is 2. The van der Waals surface area contributed by atoms with Gasteiger partial charge in [-0.2, -0.15) is 0 Å². The van der Waals surface area contributed by atoms with E-state index in [9.17, 15) is 9.59 Å². The number of ether oxygens (including phenoxy) is 1. The predicted octanol–water partition coefficient (Wildman–Crippen LogP) is 4.24. The largest absolute Gasteiger partial charge is 0.494 e. The van der Waals surface area contributed by atoms with E-state index in [1.807, 2.05) is 61.5 Å². The summed E-state index contributed by atoms with van der Waals surface area (Å²) in [4.78, 5) is 25.1. The molecule has 0 aliphatic carbocycles. The molecular weight excluding hydrogens is 376 g/mol. The van der Waals surface area contributed by atoms with E-state index in [4.69, 9.17) is 4.74 Å². The SMILES string of the molecule is CCOc1ccc(CC(=O)Nc2ccccc2C(=O)NCCc2ccccc2)cc1. The molecule has 0 bridgehead atoms. The Morgan fingerprint density at radius 2 is 1.53 bits per heavy atom. The third-order valence-corrected chi connectivity index (χ3v) is 4.59. The van der Waals surface area contributed by atoms with Gasteiger partial charge in [-0.15, -0.1) is 0 Å². The number of rotatable bonds is 9. The Morgan fingerprint density at radius 1 is 0.833 bits per heavy atom. The van der Waals surface area contributed by atoms with Crippen LogP contribution in [0.5, 0.6) is 5.75 Å². The first-order valence-corrected chi connectivity index (χ1v) is 10.1. The Hall–Kier alpha value is -3.60. The second-order valence-electron chi connectivity index (χ2n) is 6.84. The van der Waals surface area contributed by atoms with Gasteiger partial charge in [0.1, 0.15) is 5.75 Å². The Balaban J connectivity index is 1.57. The average Bonchev–Trinajstić information content (AvgIpc) is 2.76. The highest BCUT2D eigenvalue weighted by atomic mass is 16.5. The summed E-state index contributed by atoms with van der Waals surface area (Å²) in [5, 5.41) is 5.78. The van der Waals surface area contributed by atoms with Gasteiger partial charge < -0.3 is 15.4 Å². The molecule has 154 valence electrons. The number of amides is 2. The summed E-state index contributed by atoms with van der Waals surface area (Å²) >= 11 is 0. The highest BCUT2D eigenvalue weighted by Crippen LogP contribution is 2.17. The molecule has 0 saturated carbocycles. The highest BCUT2D eigenvalue weighted by molar-refractivity contribution is 6.04. The highest BCUT2D eigenvalue weighted by Gasteiger charge is 2.13. The molecule has 0 unspecified atom stereocenters. The minimum Gasteiger partial charge on any atom is -0.494 e. The summed E-state index contributed by atoms with van der Waals surface area (Å²) in [7, 11) is 0. The van der Waals surface area contributed by atoms with Crippen LogP contribution in [0, 0.1) is 0 Å². The Morgan fingerprint density at radius 3 is 2.27 bits per heavy atom. The molecule has 3 rings (SSSR count). The molecule has 5 nitrogen and oxygen atoms in total. The summed E-state index contributed by atoms with van der Waals surface area (Å²) in [6.45, 7) is 3.05. The van der Waals surface area contributed by atoms with Crippen molar-refractivity contribution in [2.24, 2.45) is 0 Å². The summed E-state index contributed by atoms with van der Waals surface area (Å²) < 4.78 is 5.42. The minimum atomic E-state index is -0.206. The van der Waals surface area contributed by atoms with E-state index in [2.05, 4.69) is 10.6 Å². The van der Waals surface area contributed by atoms with Crippen LogP contribution < -0.4 is 15.4 Å². The second kappa shape index (κ2) is 10.8. The quantitative estimate of drug-likeness (QED) is 0.563. The lowest BCUT2D eigenvalue weighted by Crippen LogP contribution is -2.27. The van der Waals surface area contributed by atoms with Crippen molar-refractivity contribution in [3.63, 3.8) is 0 Å². The van der Waals surface area contributed by atoms with Crippen LogP contribution in [0.3, 0.4) is 0 Å². The lowest BCUT2D eigenvalue weighted by atomic mass is 10.1. The smallest absolute Gasteiger partial charge is 0.253 e. The molecule has 2 N–H and O–H groups in total. The molecule has 0 aliphatic rings. The van der Waals surface area contributed by atoms with E-state index < -0.39 is 0 Å². The van der Waals surface area contributed by atoms with Crippen LogP contribution in [0.25, 0.3) is 0 Å². The van der Waals surface area contributed by atoms with Crippen LogP contribution in [-0.4, -0.2) is 25.0 Å². The van der Waals surface area contributed by atoms with Crippen molar-refractivity contribution in [3.8, 4) is 5.75 Å². The number of hydrogen-bond donors (Lipinski definition) is 2. The van der Waals surface area contributed by atoms with E-state index in [1.54, 1.807) is 24.3 Å². The normalized spacial score (nSPS) is 10.3. The summed E-state index contributed by atoms with van der Waals surface area (Å²) in [6.07, 6.45) is 0.967. The summed E-state index contributed by atoms with van der Waals surface area (Å²) in [5.41, 5.74) is 2.99. The molecule has 0 aromatic heterocycles. The topological polar surface area (TPSA) is 67.4 Å². The van der Waals surface area contributed by atoms with Gasteiger partial charge in [-0.1, -0.05) is 54.6 Å². The standard InChI is InChI=1S/C25H26N2O3/c1-2-30-21-14-12-20(13-15-21)18-24(28)27-23-11-7-6-10-22(23)25(29)26-17-16-19-8-4-3-5-9-19/h3-15H,2,16-18H2,1H3,(H,26,29)(H,27,28). The summed E-state index contributed by atoms with van der Waals surface area (Å²) in [6, 6.07) is 24.4. The second-order valence-corrected chi connectivity index (χ2v) is 6.84. The number of para-hydroxylation sites is 1. The van der Waals surface area contributed by atoms with Crippen molar-refractivity contribution in [1.29, 1.82) is 0 Å². The van der Waals surface area contributed by atoms with Crippen molar-refractivity contribution in [2.75, 3.05) is 18.5 Å². The lowest BCUT2D eigenvalue weighted by Gasteiger charge is -2.12. The van der Waals surface area contributed by atoms with Crippen molar-refractivity contribution in [1.82, 2.24) is 5.32 Å². The molecular formula is C25H26N2O3. The van der Waals surface area contributed by atoms with Gasteiger partial charge in [-0.3, -0.25) is 9.59 Å². The first-order valence-electron chi connectivity index (χ1n) is 10.1. The van der Waals surface area contributed by atoms with E-state index in [-0.39, 0.29) is 18.2 Å². The third-order valence-electron chi connectivity index (χ3n) is 4.59. The van der Waals surface area contributed by atoms with Gasteiger partial charge in [0, 0.05) is 6.54 Å². The first kappa shape index (κ1) is 21.1. The number of hydrogen-bond acceptors (Lipinski definition) is 3. The average molecular weight is 402 g/mol. The Labute approximate surface area is 177 Å². The minimum absolute atomic E-state index is 0.177. The van der Waals surface area contributed by atoms with Crippen LogP contribution in [-0.2, 0) is 17.6 Å². The Bertz CT molecular complexity index is 969. The summed E-state index contributed by atoms with van der Waals surface area (Å²) in [5.74, 6) is 0.394. The van der Waals surface area contributed by atoms with Crippen LogP contribution in [0.1, 0.15) is 28.4 Å². The fraction of sp³-hybridized carbons (Fsp3) is 0.200. The number of carbonyl (C=O) groups is 2. The maximum absolute atomic E-state index is 12.6. The van der Waals surface area contributed by atoms with Gasteiger partial charge in [0.15, 0.2) is 0 Å². The molecule has 0 heterocycles. The maximum Gasteiger partial charge on any atom is 0.253 e. The van der Waals surface area contributed by atoms with Gasteiger partial charge >= 0.3 is 0 Å². The van der Waals surface area contributed by atoms with Crippen molar-refractivity contribution >= 4 is 17.5 Å². The number of benzene rings is 3. The predicted molar refractivity (Wildman–Crippen MR) is 119 cm³/mol. The number of anilines is 1. The molecule has 2 amide bonds. The maximum atomic E-state index is 12.6. The van der Waals surface area contributed by atoms with Gasteiger partial charge in [0.2, 0.25) is 5.91 Å². The van der Waals surface area contributed by atoms with Gasteiger partial charge in [-0.05, 0) is 48.7 Å². The van der Waals surface area contributed by atoms with Crippen LogP contribution in [0.4, 0.5) is 5.69 Å². The lowest BCUT2D eigenvalue weighted by molar-refractivity contribution is -0.115. The van der Waals surface area contributed by atoms with E-state index in [1.165, 1.54) is 0 Å². The van der Waals surface area contributed by atoms with Crippen molar-refractivity contribution in [3.05, 3.63) is 95.6 Å². The molecule has 0 spiro atoms. The van der Waals surface area contributed by atoms with Gasteiger partial charge in [0.05, 0.1) is 24.3 Å². The monoisotopic (exact) mass is 402 g/mol. The van der Waals surface area contributed by atoms with E-state index in [0.29, 0.717) is 24.4 Å². The third kappa shape index (κ3) is 6.21. The van der Waals surface area contributed by atoms with E-state index in [0.717, 1.165) is 23.3 Å². The zero-order valence-corrected chi connectivity index (χ0v) is 17.1. The van der Waals surface area contributed by atoms with Gasteiger partial charge in [-0.25, -0.2) is 0 Å². The molecule has 0 fully saturated rings. The number of carbonyl (C=O) groups excluding carboxylic acids is 2. The molecule has 5 heteroatoms. The zero-order valence-electron chi connectivity index (χ0n) is 17.1. The first-order chi connectivity index (χ1) is 14.7. The van der Waals surface area contributed by atoms with E-state index >= 15 is 0 Å². The van der Waals surface area contributed by atoms with Crippen LogP contribution in [0.15, 0.2) is 78.9 Å². The van der Waals surface area contributed by atoms with Crippen LogP contribution >= 0.6 is 0 Å². The van der Waals surface area contributed by atoms with Crippen molar-refractivity contribution in [2.45, 2.75) is 19.8 Å². The van der Waals surface area contributed by atoms with Crippen LogP contribution in [0.2, 0.25) is 0 Å². The fourth-order valence-corrected chi connectivity index (χ4v) is 3.10. The van der Waals surface area contributed by atoms with Crippen molar-refractivity contribution < 1.29 is 14.3 Å². The fourth-order valence-electron chi connectivity index (χ4n) is 3.10. The van der Waals surface area contributed by atoms with Gasteiger partial charge in [0.25, 0.3) is 5.91 Å². The molecule has 0 aliphatic heterocycles. The molecule has 30 heavy (non-hydrogen) atoms. The molecule has 3 aromatic rings. The molecule has 0 radical (unpaired) electrons. The molecule has 0 saturated heterocycles. The molecule has 3 aromatic carbocycles. The Kier molecular flexibility index (Phi) is 7.61. The zero-order chi connectivity index (χ0) is 21.2. The molecule has 0 atom stereocenters.